The molecular weight excluding hydrogens is 344 g/mol. The van der Waals surface area contributed by atoms with Crippen LogP contribution in [0.1, 0.15) is 18.1 Å². The smallest absolute Gasteiger partial charge is 0.146 e. The first kappa shape index (κ1) is 18.5. The van der Waals surface area contributed by atoms with Crippen molar-refractivity contribution in [1.82, 2.24) is 4.90 Å². The van der Waals surface area contributed by atoms with Crippen LogP contribution in [0.5, 0.6) is 11.5 Å². The maximum atomic E-state index is 12.6. The van der Waals surface area contributed by atoms with Crippen LogP contribution in [0.2, 0.25) is 5.02 Å². The number of halogens is 1. The lowest BCUT2D eigenvalue weighted by molar-refractivity contribution is 0.395. The highest BCUT2D eigenvalue weighted by atomic mass is 35.5. The van der Waals surface area contributed by atoms with Crippen LogP contribution in [-0.2, 0) is 17.3 Å². The molecule has 0 heterocycles. The Morgan fingerprint density at radius 3 is 2.62 bits per heavy atom. The number of hydrogen-bond donors (Lipinski definition) is 0. The second kappa shape index (κ2) is 8.29. The first-order chi connectivity index (χ1) is 11.5. The summed E-state index contributed by atoms with van der Waals surface area (Å²) in [5, 5.41) is 9.72. The van der Waals surface area contributed by atoms with Crippen LogP contribution in [0.4, 0.5) is 0 Å². The molecule has 6 heteroatoms. The minimum atomic E-state index is -1.19. The van der Waals surface area contributed by atoms with E-state index in [9.17, 15) is 9.47 Å². The molecule has 0 amide bonds. The van der Waals surface area contributed by atoms with Gasteiger partial charge < -0.3 is 9.64 Å². The van der Waals surface area contributed by atoms with Crippen LogP contribution in [0.25, 0.3) is 0 Å². The lowest BCUT2D eigenvalue weighted by Crippen LogP contribution is -2.13. The molecule has 24 heavy (non-hydrogen) atoms. The molecule has 0 radical (unpaired) electrons. The van der Waals surface area contributed by atoms with Crippen molar-refractivity contribution in [2.75, 3.05) is 19.8 Å². The molecule has 0 saturated heterocycles. The summed E-state index contributed by atoms with van der Waals surface area (Å²) in [6.45, 7) is 2.52. The lowest BCUT2D eigenvalue weighted by atomic mass is 10.2. The highest BCUT2D eigenvalue weighted by Crippen LogP contribution is 2.34. The van der Waals surface area contributed by atoms with Gasteiger partial charge in [0.15, 0.2) is 0 Å². The summed E-state index contributed by atoms with van der Waals surface area (Å²) in [6.07, 6.45) is 0. The van der Waals surface area contributed by atoms with Crippen LogP contribution in [0, 0.1) is 11.3 Å². The fourth-order valence-electron chi connectivity index (χ4n) is 2.30. The van der Waals surface area contributed by atoms with Crippen LogP contribution < -0.4 is 4.74 Å². The molecule has 0 N–H and O–H groups in total. The topological polar surface area (TPSA) is 53.3 Å². The maximum Gasteiger partial charge on any atom is 0.146 e. The Morgan fingerprint density at radius 2 is 2.00 bits per heavy atom. The third-order valence-corrected chi connectivity index (χ3v) is 5.00. The summed E-state index contributed by atoms with van der Waals surface area (Å²) in [5.74, 6) is 1.34. The Bertz CT molecular complexity index is 800. The summed E-state index contributed by atoms with van der Waals surface area (Å²) in [6, 6.07) is 12.5. The van der Waals surface area contributed by atoms with E-state index in [1.165, 1.54) is 0 Å². The van der Waals surface area contributed by atoms with E-state index in [0.29, 0.717) is 39.3 Å². The summed E-state index contributed by atoms with van der Waals surface area (Å²) in [4.78, 5) is 2.67. The molecule has 0 spiro atoms. The Kier molecular flexibility index (Phi) is 6.38. The van der Waals surface area contributed by atoms with Crippen molar-refractivity contribution in [3.8, 4) is 17.6 Å². The standard InChI is InChI=1S/C18H19ClN2O2S/c1-4-24(22)18-14(12-21(2)3)6-5-7-16(18)23-17-10-15(19)9-8-13(17)11-20/h5-10H,4,12H2,1-3H3. The van der Waals surface area contributed by atoms with Crippen molar-refractivity contribution < 1.29 is 8.95 Å². The summed E-state index contributed by atoms with van der Waals surface area (Å²) < 4.78 is 18.5. The number of hydrogen-bond acceptors (Lipinski definition) is 4. The minimum absolute atomic E-state index is 0.362. The first-order valence-corrected chi connectivity index (χ1v) is 9.18. The van der Waals surface area contributed by atoms with E-state index >= 15 is 0 Å². The normalized spacial score (nSPS) is 12.0. The van der Waals surface area contributed by atoms with E-state index in [4.69, 9.17) is 16.3 Å². The Hall–Kier alpha value is -1.87. The monoisotopic (exact) mass is 362 g/mol. The van der Waals surface area contributed by atoms with E-state index in [2.05, 4.69) is 6.07 Å². The summed E-state index contributed by atoms with van der Waals surface area (Å²) in [7, 11) is 2.73. The molecule has 0 fully saturated rings. The maximum absolute atomic E-state index is 12.6. The number of ether oxygens (including phenoxy) is 1. The van der Waals surface area contributed by atoms with Gasteiger partial charge in [-0.1, -0.05) is 30.7 Å². The first-order valence-electron chi connectivity index (χ1n) is 7.48. The van der Waals surface area contributed by atoms with Gasteiger partial charge in [0.25, 0.3) is 0 Å². The van der Waals surface area contributed by atoms with Crippen LogP contribution in [0.15, 0.2) is 41.3 Å². The number of benzene rings is 2. The van der Waals surface area contributed by atoms with E-state index in [1.807, 2.05) is 38.1 Å². The van der Waals surface area contributed by atoms with Crippen LogP contribution >= 0.6 is 11.6 Å². The zero-order chi connectivity index (χ0) is 17.7. The zero-order valence-corrected chi connectivity index (χ0v) is 15.4. The van der Waals surface area contributed by atoms with Gasteiger partial charge in [-0.15, -0.1) is 0 Å². The SMILES string of the molecule is CCS(=O)c1c(CN(C)C)cccc1Oc1cc(Cl)ccc1C#N. The van der Waals surface area contributed by atoms with Gasteiger partial charge in [-0.25, -0.2) is 0 Å². The van der Waals surface area contributed by atoms with Gasteiger partial charge in [0.05, 0.1) is 21.3 Å². The number of rotatable bonds is 6. The van der Waals surface area contributed by atoms with E-state index < -0.39 is 10.8 Å². The molecular formula is C18H19ClN2O2S. The summed E-state index contributed by atoms with van der Waals surface area (Å²) >= 11 is 6.01. The second-order valence-electron chi connectivity index (χ2n) is 5.47. The molecule has 1 unspecified atom stereocenters. The van der Waals surface area contributed by atoms with E-state index in [-0.39, 0.29) is 0 Å². The molecule has 1 atom stereocenters. The van der Waals surface area contributed by atoms with E-state index in [0.717, 1.165) is 5.56 Å². The van der Waals surface area contributed by atoms with Crippen molar-refractivity contribution >= 4 is 22.4 Å². The highest BCUT2D eigenvalue weighted by molar-refractivity contribution is 7.85. The molecule has 2 rings (SSSR count). The predicted molar refractivity (Wildman–Crippen MR) is 97.0 cm³/mol. The van der Waals surface area contributed by atoms with Gasteiger partial charge in [0.1, 0.15) is 17.6 Å². The molecule has 0 aliphatic heterocycles. The molecule has 2 aromatic carbocycles. The average molecular weight is 363 g/mol. The molecule has 0 saturated carbocycles. The van der Waals surface area contributed by atoms with Crippen LogP contribution in [0.3, 0.4) is 0 Å². The molecule has 0 aliphatic rings. The van der Waals surface area contributed by atoms with Gasteiger partial charge >= 0.3 is 0 Å². The molecule has 4 nitrogen and oxygen atoms in total. The van der Waals surface area contributed by atoms with Gasteiger partial charge in [-0.2, -0.15) is 5.26 Å². The van der Waals surface area contributed by atoms with Crippen LogP contribution in [-0.4, -0.2) is 29.0 Å². The van der Waals surface area contributed by atoms with Crippen molar-refractivity contribution in [1.29, 1.82) is 5.26 Å². The quantitative estimate of drug-likeness (QED) is 0.773. The zero-order valence-electron chi connectivity index (χ0n) is 13.9. The molecule has 0 bridgehead atoms. The largest absolute Gasteiger partial charge is 0.455 e. The number of nitrogens with zero attached hydrogens (tertiary/aromatic N) is 2. The average Bonchev–Trinajstić information content (AvgIpc) is 2.54. The Morgan fingerprint density at radius 1 is 1.25 bits per heavy atom. The van der Waals surface area contributed by atoms with Crippen molar-refractivity contribution in [2.24, 2.45) is 0 Å². The third kappa shape index (κ3) is 4.35. The van der Waals surface area contributed by atoms with Crippen molar-refractivity contribution in [3.63, 3.8) is 0 Å². The highest BCUT2D eigenvalue weighted by Gasteiger charge is 2.17. The third-order valence-electron chi connectivity index (χ3n) is 3.32. The summed E-state index contributed by atoms with van der Waals surface area (Å²) in [5.41, 5.74) is 1.32. The minimum Gasteiger partial charge on any atom is -0.455 e. The fourth-order valence-corrected chi connectivity index (χ4v) is 3.51. The molecule has 0 aromatic heterocycles. The Balaban J connectivity index is 2.53. The Labute approximate surface area is 150 Å². The van der Waals surface area contributed by atoms with Crippen molar-refractivity contribution in [2.45, 2.75) is 18.4 Å². The van der Waals surface area contributed by atoms with Crippen molar-refractivity contribution in [3.05, 3.63) is 52.5 Å². The second-order valence-corrected chi connectivity index (χ2v) is 7.58. The van der Waals surface area contributed by atoms with E-state index in [1.54, 1.807) is 24.3 Å². The molecule has 0 aliphatic carbocycles. The molecule has 2 aromatic rings. The van der Waals surface area contributed by atoms with Gasteiger partial charge in [0, 0.05) is 23.4 Å². The van der Waals surface area contributed by atoms with Gasteiger partial charge in [0.2, 0.25) is 0 Å². The van der Waals surface area contributed by atoms with Gasteiger partial charge in [-0.05, 0) is 37.9 Å². The molecule has 126 valence electrons. The lowest BCUT2D eigenvalue weighted by Gasteiger charge is -2.17. The fraction of sp³-hybridized carbons (Fsp3) is 0.278. The number of nitriles is 1. The predicted octanol–water partition coefficient (Wildman–Crippen LogP) is 4.19. The van der Waals surface area contributed by atoms with Gasteiger partial charge in [-0.3, -0.25) is 4.21 Å².